The number of aromatic nitrogens is 1. The van der Waals surface area contributed by atoms with Crippen LogP contribution in [0.2, 0.25) is 0 Å². The molecule has 0 radical (unpaired) electrons. The molecule has 2 rings (SSSR count). The van der Waals surface area contributed by atoms with Crippen LogP contribution in [0.15, 0.2) is 24.8 Å². The molecular formula is C22H27FN2O2. The Morgan fingerprint density at radius 3 is 2.22 bits per heavy atom. The number of nitrogens with one attached hydrogen (secondary N) is 1. The van der Waals surface area contributed by atoms with Gasteiger partial charge in [0.25, 0.3) is 5.91 Å². The third-order valence-corrected chi connectivity index (χ3v) is 4.91. The fourth-order valence-electron chi connectivity index (χ4n) is 3.43. The van der Waals surface area contributed by atoms with E-state index < -0.39 is 11.7 Å². The number of rotatable bonds is 6. The number of carbonyl (C=O) groups is 1. The minimum absolute atomic E-state index is 0.0542. The van der Waals surface area contributed by atoms with E-state index in [1.807, 2.05) is 32.9 Å². The maximum absolute atomic E-state index is 15.1. The molecule has 1 N–H and O–H groups in total. The molecule has 0 aliphatic rings. The molecule has 0 saturated heterocycles. The Hall–Kier alpha value is -2.69. The SMILES string of the molecule is C=CCc1c(F)c(C(=O)Nc2c(CC)cc(C)cc2CC)c(C)[n+]([O-])c1C. The molecule has 1 amide bonds. The molecule has 1 heterocycles. The Labute approximate surface area is 160 Å². The van der Waals surface area contributed by atoms with Gasteiger partial charge < -0.3 is 10.5 Å². The molecule has 0 unspecified atom stereocenters. The molecule has 1 aromatic carbocycles. The van der Waals surface area contributed by atoms with Crippen LogP contribution in [0.25, 0.3) is 0 Å². The number of nitrogens with zero attached hydrogens (tertiary/aromatic N) is 1. The number of carbonyl (C=O) groups excluding carboxylic acids is 1. The lowest BCUT2D eigenvalue weighted by molar-refractivity contribution is -0.620. The first kappa shape index (κ1) is 20.6. The van der Waals surface area contributed by atoms with Crippen molar-refractivity contribution >= 4 is 11.6 Å². The molecule has 0 spiro atoms. The fraction of sp³-hybridized carbons (Fsp3) is 0.364. The molecule has 0 aliphatic carbocycles. The van der Waals surface area contributed by atoms with Gasteiger partial charge in [-0.3, -0.25) is 4.79 Å². The van der Waals surface area contributed by atoms with Gasteiger partial charge in [-0.15, -0.1) is 6.58 Å². The van der Waals surface area contributed by atoms with Crippen molar-refractivity contribution in [1.29, 1.82) is 0 Å². The first-order chi connectivity index (χ1) is 12.8. The maximum Gasteiger partial charge on any atom is 0.265 e. The predicted octanol–water partition coefficient (Wildman–Crippen LogP) is 4.49. The van der Waals surface area contributed by atoms with Gasteiger partial charge in [0.15, 0.2) is 11.5 Å². The van der Waals surface area contributed by atoms with Crippen LogP contribution < -0.4 is 10.0 Å². The smallest absolute Gasteiger partial charge is 0.265 e. The molecular weight excluding hydrogens is 343 g/mol. The van der Waals surface area contributed by atoms with Gasteiger partial charge in [-0.1, -0.05) is 37.6 Å². The van der Waals surface area contributed by atoms with Gasteiger partial charge >= 0.3 is 0 Å². The molecule has 0 aliphatic heterocycles. The molecule has 144 valence electrons. The van der Waals surface area contributed by atoms with Crippen LogP contribution in [-0.4, -0.2) is 5.91 Å². The van der Waals surface area contributed by atoms with Crippen LogP contribution >= 0.6 is 0 Å². The van der Waals surface area contributed by atoms with E-state index in [1.165, 1.54) is 13.0 Å². The summed E-state index contributed by atoms with van der Waals surface area (Å²) in [6.45, 7) is 12.6. The Morgan fingerprint density at radius 2 is 1.74 bits per heavy atom. The van der Waals surface area contributed by atoms with Gasteiger partial charge in [-0.05, 0) is 37.3 Å². The first-order valence-corrected chi connectivity index (χ1v) is 9.22. The summed E-state index contributed by atoms with van der Waals surface area (Å²) in [5.41, 5.74) is 4.10. The second-order valence-electron chi connectivity index (χ2n) is 6.74. The lowest BCUT2D eigenvalue weighted by atomic mass is 9.98. The average molecular weight is 370 g/mol. The Morgan fingerprint density at radius 1 is 1.19 bits per heavy atom. The van der Waals surface area contributed by atoms with Crippen LogP contribution in [0, 0.1) is 31.8 Å². The van der Waals surface area contributed by atoms with Gasteiger partial charge in [-0.25, -0.2) is 4.39 Å². The van der Waals surface area contributed by atoms with E-state index in [4.69, 9.17) is 0 Å². The second-order valence-corrected chi connectivity index (χ2v) is 6.74. The normalized spacial score (nSPS) is 10.7. The minimum atomic E-state index is -0.655. The molecule has 5 heteroatoms. The van der Waals surface area contributed by atoms with E-state index in [9.17, 15) is 10.0 Å². The van der Waals surface area contributed by atoms with Gasteiger partial charge in [0.2, 0.25) is 5.69 Å². The van der Waals surface area contributed by atoms with Crippen molar-refractivity contribution in [2.45, 2.75) is 53.9 Å². The Kier molecular flexibility index (Phi) is 6.37. The van der Waals surface area contributed by atoms with Crippen molar-refractivity contribution in [2.75, 3.05) is 5.32 Å². The Balaban J connectivity index is 2.59. The summed E-state index contributed by atoms with van der Waals surface area (Å²) in [4.78, 5) is 13.0. The zero-order valence-corrected chi connectivity index (χ0v) is 16.7. The molecule has 27 heavy (non-hydrogen) atoms. The summed E-state index contributed by atoms with van der Waals surface area (Å²) in [6.07, 6.45) is 3.18. The molecule has 2 aromatic rings. The van der Waals surface area contributed by atoms with E-state index in [-0.39, 0.29) is 28.9 Å². The number of anilines is 1. The van der Waals surface area contributed by atoms with Gasteiger partial charge in [0, 0.05) is 19.5 Å². The number of pyridine rings is 1. The monoisotopic (exact) mass is 370 g/mol. The highest BCUT2D eigenvalue weighted by Gasteiger charge is 2.28. The lowest BCUT2D eigenvalue weighted by Crippen LogP contribution is -2.39. The molecule has 0 fully saturated rings. The maximum atomic E-state index is 15.1. The topological polar surface area (TPSA) is 56.0 Å². The van der Waals surface area contributed by atoms with Crippen molar-refractivity contribution in [3.05, 3.63) is 75.0 Å². The molecule has 0 bridgehead atoms. The van der Waals surface area contributed by atoms with Crippen molar-refractivity contribution in [3.8, 4) is 0 Å². The lowest BCUT2D eigenvalue weighted by Gasteiger charge is -2.18. The van der Waals surface area contributed by atoms with E-state index in [0.29, 0.717) is 10.4 Å². The summed E-state index contributed by atoms with van der Waals surface area (Å²) in [6, 6.07) is 4.04. The average Bonchev–Trinajstić information content (AvgIpc) is 2.64. The van der Waals surface area contributed by atoms with Crippen molar-refractivity contribution in [2.24, 2.45) is 0 Å². The number of amides is 1. The minimum Gasteiger partial charge on any atom is -0.618 e. The highest BCUT2D eigenvalue weighted by atomic mass is 19.1. The number of allylic oxidation sites excluding steroid dienone is 1. The Bertz CT molecular complexity index is 879. The third kappa shape index (κ3) is 3.87. The quantitative estimate of drug-likeness (QED) is 0.463. The van der Waals surface area contributed by atoms with Crippen LogP contribution in [0.3, 0.4) is 0 Å². The van der Waals surface area contributed by atoms with E-state index in [1.54, 1.807) is 6.92 Å². The summed E-state index contributed by atoms with van der Waals surface area (Å²) < 4.78 is 15.7. The fourth-order valence-corrected chi connectivity index (χ4v) is 3.43. The molecule has 1 aromatic heterocycles. The van der Waals surface area contributed by atoms with E-state index in [0.717, 1.165) is 29.5 Å². The van der Waals surface area contributed by atoms with Crippen LogP contribution in [0.4, 0.5) is 10.1 Å². The number of halogens is 1. The summed E-state index contributed by atoms with van der Waals surface area (Å²) in [5.74, 6) is -1.26. The van der Waals surface area contributed by atoms with Crippen LogP contribution in [0.5, 0.6) is 0 Å². The van der Waals surface area contributed by atoms with Crippen molar-refractivity contribution < 1.29 is 13.9 Å². The number of aryl methyl sites for hydroxylation is 3. The summed E-state index contributed by atoms with van der Waals surface area (Å²) in [7, 11) is 0. The predicted molar refractivity (Wildman–Crippen MR) is 107 cm³/mol. The highest BCUT2D eigenvalue weighted by Crippen LogP contribution is 2.27. The van der Waals surface area contributed by atoms with E-state index in [2.05, 4.69) is 11.9 Å². The molecule has 0 saturated carbocycles. The van der Waals surface area contributed by atoms with Crippen LogP contribution in [0.1, 0.15) is 57.8 Å². The van der Waals surface area contributed by atoms with Crippen LogP contribution in [-0.2, 0) is 19.3 Å². The van der Waals surface area contributed by atoms with Crippen molar-refractivity contribution in [3.63, 3.8) is 0 Å². The standard InChI is InChI=1S/C22H27FN2O2/c1-7-10-18-14(5)25(27)15(6)19(20(18)23)22(26)24-21-16(8-2)11-13(4)12-17(21)9-3/h7,11-12H,1,8-10H2,2-6H3,(H,24,26). The zero-order chi connectivity index (χ0) is 20.3. The van der Waals surface area contributed by atoms with E-state index >= 15 is 4.39 Å². The van der Waals surface area contributed by atoms with Gasteiger partial charge in [-0.2, -0.15) is 4.73 Å². The summed E-state index contributed by atoms with van der Waals surface area (Å²) in [5, 5.41) is 15.3. The number of hydrogen-bond donors (Lipinski definition) is 1. The molecule has 4 nitrogen and oxygen atoms in total. The van der Waals surface area contributed by atoms with Crippen molar-refractivity contribution in [1.82, 2.24) is 0 Å². The zero-order valence-electron chi connectivity index (χ0n) is 16.7. The molecule has 0 atom stereocenters. The number of hydrogen-bond acceptors (Lipinski definition) is 2. The first-order valence-electron chi connectivity index (χ1n) is 9.22. The second kappa shape index (κ2) is 8.33. The highest BCUT2D eigenvalue weighted by molar-refractivity contribution is 6.06. The van der Waals surface area contributed by atoms with Gasteiger partial charge in [0.1, 0.15) is 5.56 Å². The van der Waals surface area contributed by atoms with Gasteiger partial charge in [0.05, 0.1) is 5.56 Å². The number of benzene rings is 1. The summed E-state index contributed by atoms with van der Waals surface area (Å²) >= 11 is 0. The third-order valence-electron chi connectivity index (χ3n) is 4.91. The largest absolute Gasteiger partial charge is 0.618 e.